The predicted octanol–water partition coefficient (Wildman–Crippen LogP) is -1.50. The molecule has 0 spiro atoms. The summed E-state index contributed by atoms with van der Waals surface area (Å²) in [5, 5.41) is 0. The Morgan fingerprint density at radius 3 is 1.83 bits per heavy atom. The van der Waals surface area contributed by atoms with Crippen molar-refractivity contribution in [2.75, 3.05) is 20.6 Å². The maximum atomic E-state index is 2.27. The molecule has 0 saturated carbocycles. The molecule has 0 radical (unpaired) electrons. The number of rotatable bonds is 7. The van der Waals surface area contributed by atoms with Gasteiger partial charge in [0.05, 0.1) is 20.6 Å². The average Bonchev–Trinajstić information content (AvgIpc) is 1.96. The molecule has 0 aromatic heterocycles. The number of nitrogens with one attached hydrogen (secondary N) is 1. The van der Waals surface area contributed by atoms with Crippen molar-refractivity contribution in [3.63, 3.8) is 0 Å². The van der Waals surface area contributed by atoms with Gasteiger partial charge in [-0.3, -0.25) is 0 Å². The second-order valence-electron chi connectivity index (χ2n) is 3.72. The SMILES string of the molecule is CCCCCCCC[NH+](C)C.[Cl-]. The molecule has 0 saturated heterocycles. The van der Waals surface area contributed by atoms with Gasteiger partial charge in [-0.25, -0.2) is 0 Å². The summed E-state index contributed by atoms with van der Waals surface area (Å²) >= 11 is 0. The van der Waals surface area contributed by atoms with Gasteiger partial charge in [0, 0.05) is 0 Å². The van der Waals surface area contributed by atoms with Crippen molar-refractivity contribution >= 4 is 0 Å². The zero-order chi connectivity index (χ0) is 8.53. The first kappa shape index (κ1) is 14.8. The van der Waals surface area contributed by atoms with E-state index in [1.165, 1.54) is 45.1 Å². The minimum Gasteiger partial charge on any atom is -1.00 e. The zero-order valence-corrected chi connectivity index (χ0v) is 9.58. The number of quaternary nitrogens is 1. The van der Waals surface area contributed by atoms with Crippen LogP contribution in [0.25, 0.3) is 0 Å². The summed E-state index contributed by atoms with van der Waals surface area (Å²) in [5.74, 6) is 0. The second-order valence-corrected chi connectivity index (χ2v) is 3.72. The smallest absolute Gasteiger partial charge is 0.0766 e. The van der Waals surface area contributed by atoms with E-state index in [1.54, 1.807) is 4.90 Å². The first-order chi connectivity index (χ1) is 5.27. The fourth-order valence-electron chi connectivity index (χ4n) is 1.26. The van der Waals surface area contributed by atoms with E-state index < -0.39 is 0 Å². The van der Waals surface area contributed by atoms with Crippen LogP contribution in [-0.4, -0.2) is 20.6 Å². The Morgan fingerprint density at radius 2 is 1.33 bits per heavy atom. The zero-order valence-electron chi connectivity index (χ0n) is 8.83. The van der Waals surface area contributed by atoms with Crippen LogP contribution >= 0.6 is 0 Å². The van der Waals surface area contributed by atoms with Crippen LogP contribution in [0.2, 0.25) is 0 Å². The number of hydrogen-bond acceptors (Lipinski definition) is 0. The predicted molar refractivity (Wildman–Crippen MR) is 51.1 cm³/mol. The molecule has 0 aliphatic heterocycles. The van der Waals surface area contributed by atoms with Gasteiger partial charge in [0.15, 0.2) is 0 Å². The third-order valence-electron chi connectivity index (χ3n) is 2.03. The summed E-state index contributed by atoms with van der Waals surface area (Å²) in [4.78, 5) is 1.58. The lowest BCUT2D eigenvalue weighted by Gasteiger charge is -2.05. The summed E-state index contributed by atoms with van der Waals surface area (Å²) in [6.07, 6.45) is 8.52. The molecule has 0 amide bonds. The van der Waals surface area contributed by atoms with Crippen LogP contribution in [0.5, 0.6) is 0 Å². The number of hydrogen-bond donors (Lipinski definition) is 1. The maximum Gasteiger partial charge on any atom is 0.0766 e. The largest absolute Gasteiger partial charge is 1.00 e. The van der Waals surface area contributed by atoms with Crippen molar-refractivity contribution in [2.24, 2.45) is 0 Å². The van der Waals surface area contributed by atoms with Gasteiger partial charge in [-0.2, -0.15) is 0 Å². The molecule has 0 unspecified atom stereocenters. The average molecular weight is 194 g/mol. The first-order valence-electron chi connectivity index (χ1n) is 5.06. The van der Waals surface area contributed by atoms with Gasteiger partial charge in [-0.1, -0.05) is 32.6 Å². The van der Waals surface area contributed by atoms with Crippen LogP contribution in [0, 0.1) is 0 Å². The number of unbranched alkanes of at least 4 members (excludes halogenated alkanes) is 5. The molecule has 0 fully saturated rings. The highest BCUT2D eigenvalue weighted by atomic mass is 35.5. The van der Waals surface area contributed by atoms with Crippen LogP contribution in [-0.2, 0) is 0 Å². The molecule has 0 rings (SSSR count). The van der Waals surface area contributed by atoms with Crippen molar-refractivity contribution in [2.45, 2.75) is 45.4 Å². The van der Waals surface area contributed by atoms with Gasteiger partial charge >= 0.3 is 0 Å². The van der Waals surface area contributed by atoms with Gasteiger partial charge in [-0.15, -0.1) is 0 Å². The van der Waals surface area contributed by atoms with Crippen LogP contribution in [0.15, 0.2) is 0 Å². The molecule has 12 heavy (non-hydrogen) atoms. The van der Waals surface area contributed by atoms with Crippen LogP contribution in [0.3, 0.4) is 0 Å². The highest BCUT2D eigenvalue weighted by molar-refractivity contribution is 4.41. The molecule has 0 bridgehead atoms. The lowest BCUT2D eigenvalue weighted by atomic mass is 10.1. The minimum atomic E-state index is 0. The van der Waals surface area contributed by atoms with Gasteiger partial charge in [-0.05, 0) is 12.8 Å². The van der Waals surface area contributed by atoms with Gasteiger partial charge in [0.1, 0.15) is 0 Å². The molecule has 1 nitrogen and oxygen atoms in total. The highest BCUT2D eigenvalue weighted by Gasteiger charge is 1.93. The Hall–Kier alpha value is 0.250. The molecule has 0 aliphatic carbocycles. The monoisotopic (exact) mass is 193 g/mol. The van der Waals surface area contributed by atoms with Crippen molar-refractivity contribution < 1.29 is 17.3 Å². The third-order valence-corrected chi connectivity index (χ3v) is 2.03. The fraction of sp³-hybridized carbons (Fsp3) is 1.00. The molecular weight excluding hydrogens is 170 g/mol. The van der Waals surface area contributed by atoms with Crippen molar-refractivity contribution in [1.82, 2.24) is 0 Å². The van der Waals surface area contributed by atoms with Crippen LogP contribution in [0.4, 0.5) is 0 Å². The van der Waals surface area contributed by atoms with E-state index in [4.69, 9.17) is 0 Å². The summed E-state index contributed by atoms with van der Waals surface area (Å²) in [6.45, 7) is 3.61. The van der Waals surface area contributed by atoms with Crippen molar-refractivity contribution in [1.29, 1.82) is 0 Å². The molecule has 76 valence electrons. The van der Waals surface area contributed by atoms with Crippen LogP contribution in [0.1, 0.15) is 45.4 Å². The number of halogens is 1. The Morgan fingerprint density at radius 1 is 0.833 bits per heavy atom. The molecule has 0 atom stereocenters. The highest BCUT2D eigenvalue weighted by Crippen LogP contribution is 2.03. The quantitative estimate of drug-likeness (QED) is 0.470. The van der Waals surface area contributed by atoms with E-state index in [0.29, 0.717) is 0 Å². The van der Waals surface area contributed by atoms with E-state index in [1.807, 2.05) is 0 Å². The Balaban J connectivity index is 0. The molecule has 0 aliphatic rings. The summed E-state index contributed by atoms with van der Waals surface area (Å²) < 4.78 is 0. The Labute approximate surface area is 83.9 Å². The van der Waals surface area contributed by atoms with Gasteiger partial charge < -0.3 is 17.3 Å². The standard InChI is InChI=1S/C10H23N.ClH/c1-4-5-6-7-8-9-10-11(2)3;/h4-10H2,1-3H3;1H. The minimum absolute atomic E-state index is 0. The Bertz CT molecular complexity index is 74.2. The first-order valence-corrected chi connectivity index (χ1v) is 5.06. The Kier molecular flexibility index (Phi) is 13.8. The normalized spacial score (nSPS) is 10.0. The van der Waals surface area contributed by atoms with Gasteiger partial charge in [0.2, 0.25) is 0 Å². The van der Waals surface area contributed by atoms with E-state index in [2.05, 4.69) is 21.0 Å². The summed E-state index contributed by atoms with van der Waals surface area (Å²) in [7, 11) is 4.46. The summed E-state index contributed by atoms with van der Waals surface area (Å²) in [6, 6.07) is 0. The molecule has 0 aromatic rings. The molecule has 1 N–H and O–H groups in total. The third kappa shape index (κ3) is 12.9. The topological polar surface area (TPSA) is 4.44 Å². The lowest BCUT2D eigenvalue weighted by molar-refractivity contribution is -0.858. The lowest BCUT2D eigenvalue weighted by Crippen LogP contribution is -3.05. The van der Waals surface area contributed by atoms with E-state index in [9.17, 15) is 0 Å². The van der Waals surface area contributed by atoms with E-state index in [-0.39, 0.29) is 12.4 Å². The molecular formula is C10H24ClN. The van der Waals surface area contributed by atoms with Gasteiger partial charge in [0.25, 0.3) is 0 Å². The molecule has 0 aromatic carbocycles. The van der Waals surface area contributed by atoms with E-state index >= 15 is 0 Å². The molecule has 2 heteroatoms. The fourth-order valence-corrected chi connectivity index (χ4v) is 1.26. The summed E-state index contributed by atoms with van der Waals surface area (Å²) in [5.41, 5.74) is 0. The second kappa shape index (κ2) is 11.2. The van der Waals surface area contributed by atoms with Crippen molar-refractivity contribution in [3.8, 4) is 0 Å². The van der Waals surface area contributed by atoms with Crippen molar-refractivity contribution in [3.05, 3.63) is 0 Å². The molecule has 0 heterocycles. The maximum absolute atomic E-state index is 2.27. The van der Waals surface area contributed by atoms with Crippen LogP contribution < -0.4 is 17.3 Å². The van der Waals surface area contributed by atoms with E-state index in [0.717, 1.165) is 0 Å².